The van der Waals surface area contributed by atoms with Gasteiger partial charge in [-0.2, -0.15) is 8.42 Å². The van der Waals surface area contributed by atoms with E-state index in [1.54, 1.807) is 0 Å². The second-order valence-corrected chi connectivity index (χ2v) is 11.4. The van der Waals surface area contributed by atoms with Crippen LogP contribution in [0.4, 0.5) is 10.1 Å². The van der Waals surface area contributed by atoms with Gasteiger partial charge in [0.25, 0.3) is 16.0 Å². The number of anilines is 1. The molecule has 37 heavy (non-hydrogen) atoms. The molecule has 2 aliphatic rings. The van der Waals surface area contributed by atoms with Gasteiger partial charge in [0.15, 0.2) is 6.10 Å². The Kier molecular flexibility index (Phi) is 4.86. The summed E-state index contributed by atoms with van der Waals surface area (Å²) in [5, 5.41) is 5.36. The van der Waals surface area contributed by atoms with Gasteiger partial charge in [-0.25, -0.2) is 4.39 Å². The Morgan fingerprint density at radius 1 is 0.838 bits per heavy atom. The Morgan fingerprint density at radius 2 is 1.54 bits per heavy atom. The van der Waals surface area contributed by atoms with E-state index in [2.05, 4.69) is 17.1 Å². The normalized spacial score (nSPS) is 20.0. The van der Waals surface area contributed by atoms with Gasteiger partial charge in [0, 0.05) is 5.39 Å². The number of rotatable bonds is 5. The molecule has 1 saturated carbocycles. The number of carbonyl (C=O) groups is 1. The molecule has 5 aromatic rings. The maximum absolute atomic E-state index is 13.7. The van der Waals surface area contributed by atoms with E-state index in [9.17, 15) is 17.6 Å². The SMILES string of the molecule is O=C1C(OS(=O)(=O)C2CC2)C(c2ccc(F)cn2)N1c1cc2c3ccccc3ccc2c2ccccc12. The highest BCUT2D eigenvalue weighted by molar-refractivity contribution is 7.87. The first-order valence-corrected chi connectivity index (χ1v) is 13.6. The molecule has 6 nitrogen and oxygen atoms in total. The van der Waals surface area contributed by atoms with Crippen LogP contribution >= 0.6 is 0 Å². The Morgan fingerprint density at radius 3 is 2.27 bits per heavy atom. The number of hydrogen-bond acceptors (Lipinski definition) is 5. The van der Waals surface area contributed by atoms with E-state index in [0.717, 1.165) is 38.5 Å². The van der Waals surface area contributed by atoms with Crippen molar-refractivity contribution in [3.63, 3.8) is 0 Å². The minimum Gasteiger partial charge on any atom is -0.297 e. The van der Waals surface area contributed by atoms with Gasteiger partial charge in [0.2, 0.25) is 0 Å². The highest BCUT2D eigenvalue weighted by atomic mass is 32.2. The van der Waals surface area contributed by atoms with Gasteiger partial charge in [-0.3, -0.25) is 18.9 Å². The average molecular weight is 513 g/mol. The molecule has 4 aromatic carbocycles. The number of aromatic nitrogens is 1. The van der Waals surface area contributed by atoms with Crippen molar-refractivity contribution in [2.24, 2.45) is 0 Å². The van der Waals surface area contributed by atoms with Gasteiger partial charge in [0.05, 0.1) is 22.8 Å². The summed E-state index contributed by atoms with van der Waals surface area (Å²) in [6.45, 7) is 0. The molecule has 184 valence electrons. The molecule has 0 N–H and O–H groups in total. The average Bonchev–Trinajstić information content (AvgIpc) is 3.77. The fourth-order valence-corrected chi connectivity index (χ4v) is 6.64. The number of nitrogens with zero attached hydrogens (tertiary/aromatic N) is 2. The number of pyridine rings is 1. The van der Waals surface area contributed by atoms with Gasteiger partial charge in [-0.15, -0.1) is 0 Å². The zero-order valence-corrected chi connectivity index (χ0v) is 20.4. The molecule has 1 aliphatic heterocycles. The first kappa shape index (κ1) is 22.3. The van der Waals surface area contributed by atoms with Crippen LogP contribution in [0.2, 0.25) is 0 Å². The summed E-state index contributed by atoms with van der Waals surface area (Å²) in [4.78, 5) is 19.3. The highest BCUT2D eigenvalue weighted by Crippen LogP contribution is 2.47. The summed E-state index contributed by atoms with van der Waals surface area (Å²) in [5.74, 6) is -0.989. The Labute approximate surface area is 212 Å². The van der Waals surface area contributed by atoms with E-state index in [0.29, 0.717) is 24.2 Å². The molecule has 0 spiro atoms. The van der Waals surface area contributed by atoms with Gasteiger partial charge < -0.3 is 0 Å². The van der Waals surface area contributed by atoms with Gasteiger partial charge in [-0.1, -0.05) is 60.7 Å². The van der Waals surface area contributed by atoms with Crippen molar-refractivity contribution in [1.82, 2.24) is 4.98 Å². The van der Waals surface area contributed by atoms with Crippen molar-refractivity contribution in [3.8, 4) is 0 Å². The molecule has 0 radical (unpaired) electrons. The fourth-order valence-electron chi connectivity index (χ4n) is 5.30. The predicted molar refractivity (Wildman–Crippen MR) is 140 cm³/mol. The minimum atomic E-state index is -3.89. The summed E-state index contributed by atoms with van der Waals surface area (Å²) in [5.41, 5.74) is 0.989. The predicted octanol–water partition coefficient (Wildman–Crippen LogP) is 5.65. The summed E-state index contributed by atoms with van der Waals surface area (Å²) in [6, 6.07) is 23.9. The van der Waals surface area contributed by atoms with E-state index in [-0.39, 0.29) is 0 Å². The zero-order chi connectivity index (χ0) is 25.3. The lowest BCUT2D eigenvalue weighted by molar-refractivity contribution is -0.134. The topological polar surface area (TPSA) is 76.6 Å². The summed E-state index contributed by atoms with van der Waals surface area (Å²) >= 11 is 0. The number of halogens is 1. The molecule has 2 unspecified atom stereocenters. The van der Waals surface area contributed by atoms with E-state index in [1.807, 2.05) is 54.6 Å². The molecule has 2 fully saturated rings. The summed E-state index contributed by atoms with van der Waals surface area (Å²) in [7, 11) is -3.89. The minimum absolute atomic E-state index is 0.360. The molecule has 7 rings (SSSR count). The third-order valence-electron chi connectivity index (χ3n) is 7.27. The van der Waals surface area contributed by atoms with Gasteiger partial charge in [0.1, 0.15) is 11.9 Å². The van der Waals surface area contributed by atoms with Crippen LogP contribution in [0.1, 0.15) is 24.6 Å². The first-order valence-electron chi connectivity index (χ1n) is 12.1. The molecule has 1 aliphatic carbocycles. The molecule has 1 saturated heterocycles. The fraction of sp³-hybridized carbons (Fsp3) is 0.172. The summed E-state index contributed by atoms with van der Waals surface area (Å²) in [6.07, 6.45) is 0.851. The molecular formula is C29H21FN2O4S. The number of β-lactam (4-membered cyclic amide) rings is 1. The Bertz CT molecular complexity index is 1830. The van der Waals surface area contributed by atoms with E-state index < -0.39 is 39.2 Å². The lowest BCUT2D eigenvalue weighted by atomic mass is 9.90. The van der Waals surface area contributed by atoms with E-state index >= 15 is 0 Å². The quantitative estimate of drug-likeness (QED) is 0.173. The molecule has 1 amide bonds. The van der Waals surface area contributed by atoms with Crippen LogP contribution in [-0.2, 0) is 19.1 Å². The van der Waals surface area contributed by atoms with Crippen LogP contribution in [0.3, 0.4) is 0 Å². The number of amides is 1. The summed E-state index contributed by atoms with van der Waals surface area (Å²) < 4.78 is 44.5. The van der Waals surface area contributed by atoms with Gasteiger partial charge >= 0.3 is 0 Å². The molecule has 2 heterocycles. The van der Waals surface area contributed by atoms with Crippen molar-refractivity contribution in [3.05, 3.63) is 96.6 Å². The van der Waals surface area contributed by atoms with Crippen LogP contribution in [-0.4, -0.2) is 30.7 Å². The van der Waals surface area contributed by atoms with Crippen LogP contribution in [0.15, 0.2) is 85.1 Å². The molecular weight excluding hydrogens is 491 g/mol. The molecule has 2 atom stereocenters. The number of hydrogen-bond donors (Lipinski definition) is 0. The lowest BCUT2D eigenvalue weighted by Crippen LogP contribution is -2.61. The third kappa shape index (κ3) is 3.51. The number of carbonyl (C=O) groups excluding carboxylic acids is 1. The monoisotopic (exact) mass is 512 g/mol. The van der Waals surface area contributed by atoms with Crippen molar-refractivity contribution in [2.75, 3.05) is 4.90 Å². The van der Waals surface area contributed by atoms with Crippen LogP contribution < -0.4 is 4.90 Å². The number of fused-ring (bicyclic) bond motifs is 5. The standard InChI is InChI=1S/C29H21FN2O4S/c30-18-10-14-25(31-16-18)27-28(36-37(34,35)19-11-12-19)29(33)32(27)26-15-24-20-6-2-1-5-17(20)9-13-22(24)21-7-3-4-8-23(21)26/h1-10,13-16,19,27-28H,11-12H2. The van der Waals surface area contributed by atoms with Crippen molar-refractivity contribution >= 4 is 54.0 Å². The second kappa shape index (κ2) is 8.06. The van der Waals surface area contributed by atoms with E-state index in [4.69, 9.17) is 4.18 Å². The second-order valence-electron chi connectivity index (χ2n) is 9.59. The van der Waals surface area contributed by atoms with Gasteiger partial charge in [-0.05, 0) is 58.0 Å². The molecule has 1 aromatic heterocycles. The van der Waals surface area contributed by atoms with Crippen LogP contribution in [0.5, 0.6) is 0 Å². The van der Waals surface area contributed by atoms with Crippen LogP contribution in [0.25, 0.3) is 32.3 Å². The third-order valence-corrected chi connectivity index (χ3v) is 9.04. The van der Waals surface area contributed by atoms with E-state index in [1.165, 1.54) is 17.0 Å². The molecule has 0 bridgehead atoms. The van der Waals surface area contributed by atoms with Crippen molar-refractivity contribution < 1.29 is 21.8 Å². The number of benzene rings is 4. The Hall–Kier alpha value is -3.88. The lowest BCUT2D eigenvalue weighted by Gasteiger charge is -2.46. The van der Waals surface area contributed by atoms with Crippen LogP contribution in [0, 0.1) is 5.82 Å². The van der Waals surface area contributed by atoms with Crippen molar-refractivity contribution in [2.45, 2.75) is 30.2 Å². The maximum Gasteiger partial charge on any atom is 0.271 e. The largest absolute Gasteiger partial charge is 0.297 e. The van der Waals surface area contributed by atoms with Crippen molar-refractivity contribution in [1.29, 1.82) is 0 Å². The zero-order valence-electron chi connectivity index (χ0n) is 19.5. The highest BCUT2D eigenvalue weighted by Gasteiger charge is 2.55. The Balaban J connectivity index is 1.44. The molecule has 8 heteroatoms. The first-order chi connectivity index (χ1) is 17.9. The maximum atomic E-state index is 13.7. The smallest absolute Gasteiger partial charge is 0.271 e.